The van der Waals surface area contributed by atoms with Crippen molar-refractivity contribution in [2.24, 2.45) is 5.92 Å². The van der Waals surface area contributed by atoms with Gasteiger partial charge in [-0.25, -0.2) is 4.39 Å². The van der Waals surface area contributed by atoms with Crippen molar-refractivity contribution in [3.8, 4) is 5.75 Å². The molecule has 2 atom stereocenters. The van der Waals surface area contributed by atoms with Crippen molar-refractivity contribution in [2.75, 3.05) is 0 Å². The van der Waals surface area contributed by atoms with E-state index in [1.165, 1.54) is 12.1 Å². The minimum atomic E-state index is -0.337. The highest BCUT2D eigenvalue weighted by Gasteiger charge is 2.43. The van der Waals surface area contributed by atoms with Gasteiger partial charge in [-0.1, -0.05) is 12.8 Å². The molecule has 0 radical (unpaired) electrons. The summed E-state index contributed by atoms with van der Waals surface area (Å²) in [5.41, 5.74) is 0.714. The second-order valence-electron chi connectivity index (χ2n) is 4.72. The molecule has 2 aliphatic carbocycles. The van der Waals surface area contributed by atoms with Crippen LogP contribution in [0.3, 0.4) is 0 Å². The Morgan fingerprint density at radius 3 is 2.62 bits per heavy atom. The van der Waals surface area contributed by atoms with Gasteiger partial charge in [0.1, 0.15) is 11.6 Å². The van der Waals surface area contributed by atoms with Crippen LogP contribution in [0.5, 0.6) is 5.75 Å². The van der Waals surface area contributed by atoms with Crippen molar-refractivity contribution in [1.29, 1.82) is 0 Å². The second kappa shape index (κ2) is 3.30. The zero-order valence-corrected chi connectivity index (χ0v) is 8.87. The lowest BCUT2D eigenvalue weighted by Crippen LogP contribution is -2.17. The Balaban J connectivity index is 2.21. The molecule has 0 heterocycles. The minimum Gasteiger partial charge on any atom is -0.507 e. The molecule has 16 heavy (non-hydrogen) atoms. The van der Waals surface area contributed by atoms with E-state index in [2.05, 4.69) is 0 Å². The van der Waals surface area contributed by atoms with E-state index in [1.807, 2.05) is 0 Å². The van der Waals surface area contributed by atoms with Gasteiger partial charge in [0.25, 0.3) is 0 Å². The van der Waals surface area contributed by atoms with Crippen LogP contribution in [0.25, 0.3) is 0 Å². The highest BCUT2D eigenvalue weighted by atomic mass is 19.1. The summed E-state index contributed by atoms with van der Waals surface area (Å²) in [5, 5.41) is 9.69. The summed E-state index contributed by atoms with van der Waals surface area (Å²) in [6, 6.07) is 2.54. The first-order valence-electron chi connectivity index (χ1n) is 5.75. The third-order valence-corrected chi connectivity index (χ3v) is 3.89. The van der Waals surface area contributed by atoms with E-state index in [0.717, 1.165) is 25.7 Å². The van der Waals surface area contributed by atoms with Crippen LogP contribution in [0.1, 0.15) is 47.5 Å². The van der Waals surface area contributed by atoms with Gasteiger partial charge in [-0.15, -0.1) is 0 Å². The monoisotopic (exact) mass is 220 g/mol. The Labute approximate surface area is 93.1 Å². The molecule has 1 fully saturated rings. The lowest BCUT2D eigenvalue weighted by molar-refractivity contribution is 0.0896. The van der Waals surface area contributed by atoms with Crippen molar-refractivity contribution < 1.29 is 14.3 Å². The fraction of sp³-hybridized carbons (Fsp3) is 0.462. The van der Waals surface area contributed by atoms with Crippen molar-refractivity contribution in [2.45, 2.75) is 31.6 Å². The summed E-state index contributed by atoms with van der Waals surface area (Å²) in [5.74, 6) is -0.544. The molecule has 2 aliphatic rings. The molecule has 3 rings (SSSR count). The topological polar surface area (TPSA) is 37.3 Å². The molecule has 0 bridgehead atoms. The van der Waals surface area contributed by atoms with Crippen LogP contribution in [0.2, 0.25) is 0 Å². The molecular formula is C13H13FO2. The number of phenols is 1. The van der Waals surface area contributed by atoms with Gasteiger partial charge in [-0.3, -0.25) is 4.79 Å². The number of hydrogen-bond acceptors (Lipinski definition) is 2. The van der Waals surface area contributed by atoms with E-state index in [9.17, 15) is 14.3 Å². The zero-order chi connectivity index (χ0) is 11.3. The van der Waals surface area contributed by atoms with E-state index < -0.39 is 0 Å². The first-order chi connectivity index (χ1) is 7.70. The molecular weight excluding hydrogens is 207 g/mol. The number of benzene rings is 1. The largest absolute Gasteiger partial charge is 0.507 e. The van der Waals surface area contributed by atoms with E-state index in [4.69, 9.17) is 0 Å². The van der Waals surface area contributed by atoms with Gasteiger partial charge in [0, 0.05) is 11.5 Å². The average Bonchev–Trinajstić information content (AvgIpc) is 2.60. The smallest absolute Gasteiger partial charge is 0.170 e. The molecule has 3 heteroatoms. The summed E-state index contributed by atoms with van der Waals surface area (Å²) >= 11 is 0. The van der Waals surface area contributed by atoms with Gasteiger partial charge in [0.2, 0.25) is 0 Å². The molecule has 2 unspecified atom stereocenters. The van der Waals surface area contributed by atoms with Crippen molar-refractivity contribution in [3.63, 3.8) is 0 Å². The van der Waals surface area contributed by atoms with Crippen LogP contribution in [-0.4, -0.2) is 10.9 Å². The first-order valence-corrected chi connectivity index (χ1v) is 5.75. The highest BCUT2D eigenvalue weighted by molar-refractivity contribution is 6.05. The fourth-order valence-corrected chi connectivity index (χ4v) is 3.18. The van der Waals surface area contributed by atoms with Gasteiger partial charge in [-0.2, -0.15) is 0 Å². The first kappa shape index (κ1) is 9.82. The molecule has 0 saturated heterocycles. The minimum absolute atomic E-state index is 0.00310. The van der Waals surface area contributed by atoms with E-state index in [-0.39, 0.29) is 34.7 Å². The normalized spacial score (nSPS) is 27.7. The third-order valence-electron chi connectivity index (χ3n) is 3.89. The third kappa shape index (κ3) is 1.14. The Morgan fingerprint density at radius 2 is 1.88 bits per heavy atom. The Bertz CT molecular complexity index is 467. The highest BCUT2D eigenvalue weighted by Crippen LogP contribution is 2.49. The summed E-state index contributed by atoms with van der Waals surface area (Å²) in [6.45, 7) is 0. The van der Waals surface area contributed by atoms with Crippen LogP contribution in [0.4, 0.5) is 4.39 Å². The SMILES string of the molecule is O=C1c2c(O)ccc(F)c2C2CCCCC12. The van der Waals surface area contributed by atoms with Gasteiger partial charge in [0.05, 0.1) is 5.56 Å². The van der Waals surface area contributed by atoms with Crippen molar-refractivity contribution in [1.82, 2.24) is 0 Å². The predicted molar refractivity (Wildman–Crippen MR) is 57.1 cm³/mol. The number of phenolic OH excluding ortho intramolecular Hbond substituents is 1. The van der Waals surface area contributed by atoms with Crippen LogP contribution >= 0.6 is 0 Å². The van der Waals surface area contributed by atoms with E-state index >= 15 is 0 Å². The standard InChI is InChI=1S/C13H13FO2/c14-9-5-6-10(15)12-11(9)7-3-1-2-4-8(7)13(12)16/h5-8,15H,1-4H2. The maximum atomic E-state index is 13.8. The number of ketones is 1. The van der Waals surface area contributed by atoms with Gasteiger partial charge in [0.15, 0.2) is 5.78 Å². The maximum Gasteiger partial charge on any atom is 0.170 e. The Morgan fingerprint density at radius 1 is 1.19 bits per heavy atom. The molecule has 2 nitrogen and oxygen atoms in total. The number of aromatic hydroxyl groups is 1. The number of fused-ring (bicyclic) bond motifs is 3. The number of carbonyl (C=O) groups is 1. The molecule has 0 aromatic heterocycles. The fourth-order valence-electron chi connectivity index (χ4n) is 3.18. The predicted octanol–water partition coefficient (Wildman–Crippen LogP) is 3.00. The van der Waals surface area contributed by atoms with Crippen LogP contribution in [0, 0.1) is 11.7 Å². The number of halogens is 1. The average molecular weight is 220 g/mol. The number of hydrogen-bond donors (Lipinski definition) is 1. The Kier molecular flexibility index (Phi) is 2.03. The summed E-state index contributed by atoms with van der Waals surface area (Å²) < 4.78 is 13.8. The summed E-state index contributed by atoms with van der Waals surface area (Å²) in [6.07, 6.45) is 3.77. The lowest BCUT2D eigenvalue weighted by atomic mass is 9.79. The molecule has 84 valence electrons. The lowest BCUT2D eigenvalue weighted by Gasteiger charge is -2.24. The van der Waals surface area contributed by atoms with Crippen LogP contribution in [0.15, 0.2) is 12.1 Å². The van der Waals surface area contributed by atoms with Gasteiger partial charge in [-0.05, 0) is 30.9 Å². The maximum absolute atomic E-state index is 13.8. The molecule has 1 saturated carbocycles. The van der Waals surface area contributed by atoms with Gasteiger partial charge < -0.3 is 5.11 Å². The number of rotatable bonds is 0. The Hall–Kier alpha value is -1.38. The van der Waals surface area contributed by atoms with Crippen LogP contribution in [-0.2, 0) is 0 Å². The molecule has 1 aromatic rings. The molecule has 1 aromatic carbocycles. The second-order valence-corrected chi connectivity index (χ2v) is 4.72. The van der Waals surface area contributed by atoms with Crippen molar-refractivity contribution >= 4 is 5.78 Å². The quantitative estimate of drug-likeness (QED) is 0.729. The van der Waals surface area contributed by atoms with Crippen molar-refractivity contribution in [3.05, 3.63) is 29.1 Å². The van der Waals surface area contributed by atoms with E-state index in [1.54, 1.807) is 0 Å². The van der Waals surface area contributed by atoms with E-state index in [0.29, 0.717) is 5.56 Å². The van der Waals surface area contributed by atoms with Gasteiger partial charge >= 0.3 is 0 Å². The van der Waals surface area contributed by atoms with Crippen LogP contribution < -0.4 is 0 Å². The summed E-state index contributed by atoms with van der Waals surface area (Å²) in [4.78, 5) is 12.1. The molecule has 0 amide bonds. The number of Topliss-reactive ketones (excluding diaryl/α,β-unsaturated/α-hetero) is 1. The molecule has 0 spiro atoms. The number of carbonyl (C=O) groups excluding carboxylic acids is 1. The summed E-state index contributed by atoms with van der Waals surface area (Å²) in [7, 11) is 0. The molecule has 1 N–H and O–H groups in total. The zero-order valence-electron chi connectivity index (χ0n) is 8.87. The molecule has 0 aliphatic heterocycles.